The summed E-state index contributed by atoms with van der Waals surface area (Å²) in [6.45, 7) is -2.11. The first-order valence-electron chi connectivity index (χ1n) is 12.4. The zero-order chi connectivity index (χ0) is 29.9. The molecular weight excluding hydrogens is 546 g/mol. The summed E-state index contributed by atoms with van der Waals surface area (Å²) in [5, 5.41) is 63.3. The van der Waals surface area contributed by atoms with Gasteiger partial charge in [-0.1, -0.05) is 12.1 Å². The molecule has 14 heteroatoms. The summed E-state index contributed by atoms with van der Waals surface area (Å²) in [6.07, 6.45) is -5.98. The number of hydrogen-bond donors (Lipinski definition) is 7. The van der Waals surface area contributed by atoms with Crippen molar-refractivity contribution in [3.63, 3.8) is 0 Å². The molecule has 0 bridgehead atoms. The molecule has 1 aliphatic rings. The molecule has 1 aliphatic heterocycles. The van der Waals surface area contributed by atoms with Crippen LogP contribution in [0, 0.1) is 5.92 Å². The largest absolute Gasteiger partial charge is 0.508 e. The van der Waals surface area contributed by atoms with Crippen LogP contribution in [0.25, 0.3) is 22.1 Å². The van der Waals surface area contributed by atoms with Crippen molar-refractivity contribution < 1.29 is 58.9 Å². The molecule has 1 fully saturated rings. The second-order valence-corrected chi connectivity index (χ2v) is 9.46. The van der Waals surface area contributed by atoms with Crippen LogP contribution in [-0.2, 0) is 19.1 Å². The number of hydrogen-bond acceptors (Lipinski definition) is 13. The van der Waals surface area contributed by atoms with Gasteiger partial charge in [-0.3, -0.25) is 14.4 Å². The number of carbonyl (C=O) groups is 2. The molecule has 2 aromatic carbocycles. The lowest BCUT2D eigenvalue weighted by Crippen LogP contribution is -2.69. The molecule has 0 amide bonds. The van der Waals surface area contributed by atoms with E-state index in [1.54, 1.807) is 12.1 Å². The van der Waals surface area contributed by atoms with Crippen molar-refractivity contribution in [2.45, 2.75) is 30.2 Å². The predicted octanol–water partition coefficient (Wildman–Crippen LogP) is -0.822. The van der Waals surface area contributed by atoms with Crippen molar-refractivity contribution in [3.8, 4) is 22.6 Å². The van der Waals surface area contributed by atoms with Gasteiger partial charge in [-0.15, -0.1) is 0 Å². The molecule has 41 heavy (non-hydrogen) atoms. The van der Waals surface area contributed by atoms with E-state index < -0.39 is 61.3 Å². The van der Waals surface area contributed by atoms with E-state index in [2.05, 4.69) is 5.32 Å². The monoisotopic (exact) mass is 575 g/mol. The fourth-order valence-corrected chi connectivity index (χ4v) is 4.36. The third-order valence-corrected chi connectivity index (χ3v) is 6.75. The number of rotatable bonds is 10. The maximum atomic E-state index is 13.0. The third kappa shape index (κ3) is 6.02. The lowest BCUT2D eigenvalue weighted by Gasteiger charge is -2.46. The lowest BCUT2D eigenvalue weighted by molar-refractivity contribution is -0.320. The summed E-state index contributed by atoms with van der Waals surface area (Å²) in [7, 11) is 1.44. The summed E-state index contributed by atoms with van der Waals surface area (Å²) in [5.41, 5.74) is -2.06. The maximum absolute atomic E-state index is 13.0. The normalized spacial score (nSPS) is 25.0. The number of fused-ring (bicyclic) bond motifs is 1. The first-order chi connectivity index (χ1) is 19.5. The first kappa shape index (κ1) is 29.9. The summed E-state index contributed by atoms with van der Waals surface area (Å²) < 4.78 is 21.8. The molecule has 220 valence electrons. The second kappa shape index (κ2) is 12.2. The molecule has 3 aromatic rings. The number of phenolic OH excluding ortho intramolecular Hbond substituents is 1. The van der Waals surface area contributed by atoms with Crippen molar-refractivity contribution in [1.29, 1.82) is 0 Å². The minimum absolute atomic E-state index is 0.00877. The molecule has 1 saturated heterocycles. The van der Waals surface area contributed by atoms with Crippen LogP contribution in [0.1, 0.15) is 0 Å². The van der Waals surface area contributed by atoms with E-state index in [1.165, 1.54) is 43.6 Å². The summed E-state index contributed by atoms with van der Waals surface area (Å²) >= 11 is 0. The average Bonchev–Trinajstić information content (AvgIpc) is 2.96. The molecule has 0 aliphatic carbocycles. The zero-order valence-corrected chi connectivity index (χ0v) is 21.7. The van der Waals surface area contributed by atoms with Crippen LogP contribution in [0.3, 0.4) is 0 Å². The molecule has 2 heterocycles. The summed E-state index contributed by atoms with van der Waals surface area (Å²) in [6, 6.07) is 10.0. The number of aliphatic hydroxyl groups excluding tert-OH is 3. The van der Waals surface area contributed by atoms with Gasteiger partial charge >= 0.3 is 11.9 Å². The van der Waals surface area contributed by atoms with Gasteiger partial charge in [0.15, 0.2) is 11.3 Å². The fraction of sp³-hybridized carbons (Fsp3) is 0.370. The van der Waals surface area contributed by atoms with Crippen molar-refractivity contribution in [2.24, 2.45) is 5.92 Å². The molecule has 0 spiro atoms. The second-order valence-electron chi connectivity index (χ2n) is 9.46. The molecule has 4 rings (SSSR count). The van der Waals surface area contributed by atoms with Crippen molar-refractivity contribution in [2.75, 3.05) is 26.8 Å². The Morgan fingerprint density at radius 3 is 2.46 bits per heavy atom. The minimum Gasteiger partial charge on any atom is -0.508 e. The van der Waals surface area contributed by atoms with Gasteiger partial charge in [0.05, 0.1) is 17.6 Å². The van der Waals surface area contributed by atoms with E-state index >= 15 is 0 Å². The molecule has 7 N–H and O–H groups in total. The van der Waals surface area contributed by atoms with Gasteiger partial charge in [-0.25, -0.2) is 0 Å². The summed E-state index contributed by atoms with van der Waals surface area (Å²) in [4.78, 5) is 36.6. The molecule has 6 atom stereocenters. The number of aliphatic hydroxyl groups is 4. The van der Waals surface area contributed by atoms with Gasteiger partial charge in [0.25, 0.3) is 0 Å². The molecule has 0 radical (unpaired) electrons. The number of phenols is 1. The Kier molecular flexibility index (Phi) is 8.92. The number of carboxylic acids is 1. The van der Waals surface area contributed by atoms with Crippen LogP contribution >= 0.6 is 0 Å². The van der Waals surface area contributed by atoms with Gasteiger partial charge in [0, 0.05) is 12.6 Å². The van der Waals surface area contributed by atoms with Crippen LogP contribution in [-0.4, -0.2) is 99.6 Å². The number of benzene rings is 2. The Bertz CT molecular complexity index is 1460. The highest BCUT2D eigenvalue weighted by molar-refractivity contribution is 5.94. The van der Waals surface area contributed by atoms with Gasteiger partial charge in [0.2, 0.25) is 6.29 Å². The van der Waals surface area contributed by atoms with E-state index in [1.807, 2.05) is 0 Å². The van der Waals surface area contributed by atoms with Crippen LogP contribution in [0.15, 0.2) is 57.9 Å². The average molecular weight is 576 g/mol. The van der Waals surface area contributed by atoms with Crippen molar-refractivity contribution in [1.82, 2.24) is 5.32 Å². The smallest absolute Gasteiger partial charge is 0.321 e. The van der Waals surface area contributed by atoms with Gasteiger partial charge in [0.1, 0.15) is 53.9 Å². The molecular formula is C27H29NO13. The highest BCUT2D eigenvalue weighted by Crippen LogP contribution is 2.33. The summed E-state index contributed by atoms with van der Waals surface area (Å²) in [5.74, 6) is -4.11. The lowest BCUT2D eigenvalue weighted by atomic mass is 9.85. The van der Waals surface area contributed by atoms with E-state index in [0.717, 1.165) is 0 Å². The van der Waals surface area contributed by atoms with Crippen LogP contribution in [0.2, 0.25) is 0 Å². The SMILES string of the molecule is CNC[C@@H](C(=O)O)C(=O)OC[C@@H]1O[C@H](Oc2ccc3c(=O)c(-c4ccc(O)cc4)coc3c2)[C@@H](O)[C@@](O)(CO)[C@H]1O. The van der Waals surface area contributed by atoms with Crippen LogP contribution < -0.4 is 15.5 Å². The highest BCUT2D eigenvalue weighted by Gasteiger charge is 2.56. The molecule has 14 nitrogen and oxygen atoms in total. The Balaban J connectivity index is 1.55. The van der Waals surface area contributed by atoms with Crippen LogP contribution in [0.5, 0.6) is 11.5 Å². The number of nitrogens with one attached hydrogen (secondary N) is 1. The number of carbonyl (C=O) groups excluding carboxylic acids is 1. The van der Waals surface area contributed by atoms with Crippen LogP contribution in [0.4, 0.5) is 0 Å². The Labute approximate surface area is 231 Å². The van der Waals surface area contributed by atoms with E-state index in [-0.39, 0.29) is 40.0 Å². The van der Waals surface area contributed by atoms with Gasteiger partial charge in [-0.05, 0) is 36.9 Å². The van der Waals surface area contributed by atoms with E-state index in [9.17, 15) is 45.0 Å². The predicted molar refractivity (Wildman–Crippen MR) is 139 cm³/mol. The van der Waals surface area contributed by atoms with Gasteiger partial charge in [-0.2, -0.15) is 0 Å². The topological polar surface area (TPSA) is 225 Å². The Hall–Kier alpha value is -4.05. The van der Waals surface area contributed by atoms with Crippen molar-refractivity contribution >= 4 is 22.9 Å². The van der Waals surface area contributed by atoms with Gasteiger partial charge < -0.3 is 54.6 Å². The third-order valence-electron chi connectivity index (χ3n) is 6.75. The molecule has 1 aromatic heterocycles. The Morgan fingerprint density at radius 2 is 1.83 bits per heavy atom. The number of ether oxygens (including phenoxy) is 3. The standard InChI is InChI=1S/C27H29NO13/c1-28-9-17(24(34)35)25(36)39-11-20-22(32)27(37,12-29)23(33)26(41-20)40-15-6-7-16-19(8-15)38-10-18(21(16)31)13-2-4-14(30)5-3-13/h2-8,10,17,20,22-23,26,28-30,32-33,37H,9,11-12H2,1H3,(H,34,35)/t17-,20-,22-,23+,26-,27+/m0/s1. The maximum Gasteiger partial charge on any atom is 0.321 e. The van der Waals surface area contributed by atoms with E-state index in [4.69, 9.17) is 18.6 Å². The number of aliphatic carboxylic acids is 1. The number of carboxylic acid groups (broad SMARTS) is 1. The zero-order valence-electron chi connectivity index (χ0n) is 21.7. The first-order valence-corrected chi connectivity index (χ1v) is 12.4. The number of aromatic hydroxyl groups is 1. The quantitative estimate of drug-likeness (QED) is 0.116. The molecule has 0 unspecified atom stereocenters. The molecule has 0 saturated carbocycles. The fourth-order valence-electron chi connectivity index (χ4n) is 4.36. The van der Waals surface area contributed by atoms with E-state index in [0.29, 0.717) is 5.56 Å². The Morgan fingerprint density at radius 1 is 1.12 bits per heavy atom. The highest BCUT2D eigenvalue weighted by atomic mass is 16.7. The minimum atomic E-state index is -2.57. The number of esters is 1. The van der Waals surface area contributed by atoms with Crippen molar-refractivity contribution in [3.05, 3.63) is 59.0 Å².